The number of benzene rings is 2. The van der Waals surface area contributed by atoms with E-state index in [0.29, 0.717) is 11.5 Å². The molecule has 0 radical (unpaired) electrons. The topological polar surface area (TPSA) is 82.8 Å². The van der Waals surface area contributed by atoms with Gasteiger partial charge in [0.2, 0.25) is 0 Å². The van der Waals surface area contributed by atoms with Crippen molar-refractivity contribution in [2.45, 2.75) is 11.3 Å². The SMILES string of the molecule is O=c1ccc2ccc(OS(=O)(=O)c3cccc(OC(F)(F)F)c3)cc2o1. The predicted octanol–water partition coefficient (Wildman–Crippen LogP) is 3.46. The molecule has 0 amide bonds. The summed E-state index contributed by atoms with van der Waals surface area (Å²) in [5.41, 5.74) is -0.533. The van der Waals surface area contributed by atoms with Gasteiger partial charge in [0.15, 0.2) is 0 Å². The zero-order chi connectivity index (χ0) is 18.9. The van der Waals surface area contributed by atoms with Crippen molar-refractivity contribution in [3.05, 3.63) is 65.0 Å². The summed E-state index contributed by atoms with van der Waals surface area (Å²) in [4.78, 5) is 10.7. The summed E-state index contributed by atoms with van der Waals surface area (Å²) in [5.74, 6) is -0.874. The van der Waals surface area contributed by atoms with Crippen molar-refractivity contribution in [1.82, 2.24) is 0 Å². The third-order valence-electron chi connectivity index (χ3n) is 3.13. The third kappa shape index (κ3) is 4.14. The van der Waals surface area contributed by atoms with Crippen LogP contribution in [0.3, 0.4) is 0 Å². The Bertz CT molecular complexity index is 1120. The molecular formula is C16H9F3O6S. The molecule has 0 aliphatic rings. The second-order valence-corrected chi connectivity index (χ2v) is 6.56. The minimum absolute atomic E-state index is 0.0966. The normalized spacial score (nSPS) is 12.1. The van der Waals surface area contributed by atoms with Gasteiger partial charge in [0.05, 0.1) is 0 Å². The van der Waals surface area contributed by atoms with E-state index in [0.717, 1.165) is 18.2 Å². The molecule has 0 unspecified atom stereocenters. The van der Waals surface area contributed by atoms with Crippen LogP contribution < -0.4 is 14.5 Å². The highest BCUT2D eigenvalue weighted by Gasteiger charge is 2.31. The zero-order valence-electron chi connectivity index (χ0n) is 12.7. The molecular weight excluding hydrogens is 377 g/mol. The van der Waals surface area contributed by atoms with Crippen LogP contribution in [0.5, 0.6) is 11.5 Å². The highest BCUT2D eigenvalue weighted by molar-refractivity contribution is 7.87. The largest absolute Gasteiger partial charge is 0.573 e. The van der Waals surface area contributed by atoms with Crippen LogP contribution in [0.2, 0.25) is 0 Å². The van der Waals surface area contributed by atoms with E-state index in [1.165, 1.54) is 30.3 Å². The molecule has 0 fully saturated rings. The fraction of sp³-hybridized carbons (Fsp3) is 0.0625. The molecule has 0 N–H and O–H groups in total. The maximum atomic E-state index is 12.3. The lowest BCUT2D eigenvalue weighted by Crippen LogP contribution is -2.17. The average molecular weight is 386 g/mol. The van der Waals surface area contributed by atoms with Gasteiger partial charge in [0.1, 0.15) is 22.0 Å². The molecule has 136 valence electrons. The van der Waals surface area contributed by atoms with Crippen molar-refractivity contribution in [3.63, 3.8) is 0 Å². The quantitative estimate of drug-likeness (QED) is 0.505. The molecule has 0 aliphatic carbocycles. The molecule has 3 aromatic rings. The summed E-state index contributed by atoms with van der Waals surface area (Å²) in [6.07, 6.45) is -4.96. The van der Waals surface area contributed by atoms with E-state index in [1.54, 1.807) is 0 Å². The lowest BCUT2D eigenvalue weighted by atomic mass is 10.2. The highest BCUT2D eigenvalue weighted by atomic mass is 32.2. The van der Waals surface area contributed by atoms with Crippen LogP contribution in [0.1, 0.15) is 0 Å². The van der Waals surface area contributed by atoms with Gasteiger partial charge in [0, 0.05) is 23.6 Å². The average Bonchev–Trinajstić information content (AvgIpc) is 2.52. The van der Waals surface area contributed by atoms with E-state index in [1.807, 2.05) is 0 Å². The number of halogens is 3. The van der Waals surface area contributed by atoms with E-state index in [-0.39, 0.29) is 11.3 Å². The molecule has 0 spiro atoms. The van der Waals surface area contributed by atoms with Gasteiger partial charge in [0.25, 0.3) is 0 Å². The minimum atomic E-state index is -4.96. The molecule has 6 nitrogen and oxygen atoms in total. The lowest BCUT2D eigenvalue weighted by Gasteiger charge is -2.11. The second-order valence-electron chi connectivity index (χ2n) is 5.01. The van der Waals surface area contributed by atoms with E-state index in [4.69, 9.17) is 8.60 Å². The van der Waals surface area contributed by atoms with Crippen LogP contribution in [0.15, 0.2) is 68.7 Å². The molecule has 0 bridgehead atoms. The maximum absolute atomic E-state index is 12.3. The Morgan fingerprint density at radius 2 is 1.65 bits per heavy atom. The number of fused-ring (bicyclic) bond motifs is 1. The van der Waals surface area contributed by atoms with Gasteiger partial charge in [-0.05, 0) is 30.3 Å². The molecule has 0 aliphatic heterocycles. The van der Waals surface area contributed by atoms with Gasteiger partial charge < -0.3 is 13.3 Å². The highest BCUT2D eigenvalue weighted by Crippen LogP contribution is 2.27. The molecule has 0 saturated carbocycles. The van der Waals surface area contributed by atoms with Gasteiger partial charge in [-0.2, -0.15) is 8.42 Å². The first-order valence-corrected chi connectivity index (χ1v) is 8.37. The molecule has 1 heterocycles. The van der Waals surface area contributed by atoms with Crippen LogP contribution in [0.25, 0.3) is 11.0 Å². The summed E-state index contributed by atoms with van der Waals surface area (Å²) in [6.45, 7) is 0. The monoisotopic (exact) mass is 386 g/mol. The van der Waals surface area contributed by atoms with E-state index >= 15 is 0 Å². The first-order valence-electron chi connectivity index (χ1n) is 6.97. The van der Waals surface area contributed by atoms with Crippen LogP contribution in [-0.4, -0.2) is 14.8 Å². The van der Waals surface area contributed by atoms with Gasteiger partial charge in [-0.25, -0.2) is 4.79 Å². The van der Waals surface area contributed by atoms with Gasteiger partial charge in [-0.1, -0.05) is 6.07 Å². The Hall–Kier alpha value is -3.01. The number of alkyl halides is 3. The number of hydrogen-bond donors (Lipinski definition) is 0. The van der Waals surface area contributed by atoms with Crippen LogP contribution in [-0.2, 0) is 10.1 Å². The van der Waals surface area contributed by atoms with Crippen molar-refractivity contribution in [1.29, 1.82) is 0 Å². The van der Waals surface area contributed by atoms with Crippen LogP contribution >= 0.6 is 0 Å². The Balaban J connectivity index is 1.91. The standard InChI is InChI=1S/C16H9F3O6S/c17-16(18,19)24-11-2-1-3-13(8-11)26(21,22)25-12-6-4-10-5-7-15(20)23-14(10)9-12/h1-9H. The lowest BCUT2D eigenvalue weighted by molar-refractivity contribution is -0.274. The van der Waals surface area contributed by atoms with Gasteiger partial charge in [-0.15, -0.1) is 13.2 Å². The first kappa shape index (κ1) is 17.8. The Morgan fingerprint density at radius 1 is 0.923 bits per heavy atom. The zero-order valence-corrected chi connectivity index (χ0v) is 13.5. The van der Waals surface area contributed by atoms with Crippen LogP contribution in [0, 0.1) is 0 Å². The Kier molecular flexibility index (Phi) is 4.36. The second kappa shape index (κ2) is 6.37. The van der Waals surface area contributed by atoms with E-state index in [2.05, 4.69) is 4.74 Å². The van der Waals surface area contributed by atoms with Crippen molar-refractivity contribution >= 4 is 21.1 Å². The van der Waals surface area contributed by atoms with Crippen molar-refractivity contribution < 1.29 is 34.9 Å². The molecule has 1 aromatic heterocycles. The first-order chi connectivity index (χ1) is 12.1. The number of rotatable bonds is 4. The Labute approximate surface area is 144 Å². The smallest absolute Gasteiger partial charge is 0.423 e. The number of ether oxygens (including phenoxy) is 1. The van der Waals surface area contributed by atoms with Crippen molar-refractivity contribution in [3.8, 4) is 11.5 Å². The molecule has 10 heteroatoms. The summed E-state index contributed by atoms with van der Waals surface area (Å²) in [5, 5.41) is 0.537. The van der Waals surface area contributed by atoms with Crippen molar-refractivity contribution in [2.24, 2.45) is 0 Å². The fourth-order valence-corrected chi connectivity index (χ4v) is 3.05. The summed E-state index contributed by atoms with van der Waals surface area (Å²) < 4.78 is 74.8. The van der Waals surface area contributed by atoms with Gasteiger partial charge >= 0.3 is 22.1 Å². The summed E-state index contributed by atoms with van der Waals surface area (Å²) >= 11 is 0. The molecule has 26 heavy (non-hydrogen) atoms. The molecule has 0 saturated heterocycles. The predicted molar refractivity (Wildman–Crippen MR) is 83.4 cm³/mol. The molecule has 2 aromatic carbocycles. The van der Waals surface area contributed by atoms with E-state index in [9.17, 15) is 26.4 Å². The summed E-state index contributed by atoms with van der Waals surface area (Å²) in [6, 6.07) is 10.4. The Morgan fingerprint density at radius 3 is 2.38 bits per heavy atom. The third-order valence-corrected chi connectivity index (χ3v) is 4.37. The number of hydrogen-bond acceptors (Lipinski definition) is 6. The molecule has 0 atom stereocenters. The maximum Gasteiger partial charge on any atom is 0.573 e. The van der Waals surface area contributed by atoms with Crippen LogP contribution in [0.4, 0.5) is 13.2 Å². The summed E-state index contributed by atoms with van der Waals surface area (Å²) in [7, 11) is -4.44. The minimum Gasteiger partial charge on any atom is -0.423 e. The van der Waals surface area contributed by atoms with Gasteiger partial charge in [-0.3, -0.25) is 0 Å². The fourth-order valence-electron chi connectivity index (χ4n) is 2.09. The molecule has 3 rings (SSSR count). The van der Waals surface area contributed by atoms with E-state index < -0.39 is 32.8 Å². The van der Waals surface area contributed by atoms with Crippen molar-refractivity contribution in [2.75, 3.05) is 0 Å².